The second-order valence-electron chi connectivity index (χ2n) is 15.7. The summed E-state index contributed by atoms with van der Waals surface area (Å²) >= 11 is 0. The molecule has 2 amide bonds. The van der Waals surface area contributed by atoms with Crippen molar-refractivity contribution in [3.63, 3.8) is 0 Å². The Balaban J connectivity index is 0.756. The molecule has 0 aliphatic carbocycles. The molecule has 0 bridgehead atoms. The molecule has 4 aliphatic heterocycles. The second kappa shape index (κ2) is 14.4. The van der Waals surface area contributed by atoms with E-state index in [1.54, 1.807) is 0 Å². The van der Waals surface area contributed by atoms with Crippen LogP contribution in [0.25, 0.3) is 32.9 Å². The molecule has 0 saturated carbocycles. The number of pyridine rings is 1. The Hall–Kier alpha value is -6.09. The molecule has 57 heavy (non-hydrogen) atoms. The molecule has 15 nitrogen and oxygen atoms in total. The van der Waals surface area contributed by atoms with Gasteiger partial charge in [0.15, 0.2) is 0 Å². The molecule has 3 N–H and O–H groups in total. The minimum Gasteiger partial charge on any atom is -0.474 e. The summed E-state index contributed by atoms with van der Waals surface area (Å²) in [6.07, 6.45) is 12.8. The van der Waals surface area contributed by atoms with E-state index in [1.165, 1.54) is 0 Å². The van der Waals surface area contributed by atoms with Gasteiger partial charge in [0.2, 0.25) is 23.6 Å². The van der Waals surface area contributed by atoms with Crippen LogP contribution in [0.3, 0.4) is 0 Å². The van der Waals surface area contributed by atoms with Crippen molar-refractivity contribution in [2.24, 2.45) is 7.05 Å². The van der Waals surface area contributed by atoms with E-state index in [4.69, 9.17) is 19.9 Å². The van der Waals surface area contributed by atoms with Crippen molar-refractivity contribution in [2.75, 3.05) is 54.9 Å². The van der Waals surface area contributed by atoms with Crippen LogP contribution in [0.4, 0.5) is 23.0 Å². The van der Waals surface area contributed by atoms with E-state index < -0.39 is 5.92 Å². The molecule has 4 aliphatic rings. The first-order chi connectivity index (χ1) is 27.9. The van der Waals surface area contributed by atoms with E-state index in [0.717, 1.165) is 120 Å². The van der Waals surface area contributed by atoms with Crippen molar-refractivity contribution in [3.05, 3.63) is 72.4 Å². The summed E-state index contributed by atoms with van der Waals surface area (Å²) in [5.41, 5.74) is 8.84. The van der Waals surface area contributed by atoms with Crippen LogP contribution in [-0.4, -0.2) is 96.6 Å². The molecule has 1 atom stereocenters. The number of para-hydroxylation sites is 1. The molecular weight excluding hydrogens is 721 g/mol. The van der Waals surface area contributed by atoms with Crippen LogP contribution in [0.5, 0.6) is 5.88 Å². The summed E-state index contributed by atoms with van der Waals surface area (Å²) in [5.74, 6) is 0.323. The lowest BCUT2D eigenvalue weighted by molar-refractivity contribution is -0.134. The molecule has 292 valence electrons. The zero-order valence-corrected chi connectivity index (χ0v) is 32.2. The molecule has 8 heterocycles. The quantitative estimate of drug-likeness (QED) is 0.177. The number of benzene rings is 2. The number of imide groups is 1. The van der Waals surface area contributed by atoms with Gasteiger partial charge in [-0.25, -0.2) is 15.0 Å². The average molecular weight is 767 g/mol. The van der Waals surface area contributed by atoms with Gasteiger partial charge in [-0.15, -0.1) is 0 Å². The number of anilines is 4. The van der Waals surface area contributed by atoms with Gasteiger partial charge in [-0.2, -0.15) is 10.2 Å². The van der Waals surface area contributed by atoms with Gasteiger partial charge in [0.05, 0.1) is 46.3 Å². The fraction of sp³-hybridized carbons (Fsp3) is 0.405. The van der Waals surface area contributed by atoms with Crippen molar-refractivity contribution < 1.29 is 14.3 Å². The standard InChI is InChI=1S/C42H46N12O3/c1-25-33(23-44-41-37(25)43-14-19-57-41)26-6-7-27-21-45-42(48-34(27)20-26)47-28-22-46-54(24-28)30-12-15-52(16-13-30)29-10-17-53(18-11-29)35-5-3-4-31-38(50-51(2)39(31)35)32-8-9-36(55)49-40(32)56/h3-7,20-24,29-30,32,43H,8-19H2,1-2H3,(H,45,47,48)(H,49,55,56). The molecule has 10 rings (SSSR count). The minimum absolute atomic E-state index is 0.208. The zero-order chi connectivity index (χ0) is 38.6. The Morgan fingerprint density at radius 2 is 1.77 bits per heavy atom. The van der Waals surface area contributed by atoms with E-state index in [-0.39, 0.29) is 11.8 Å². The number of hydrogen-bond acceptors (Lipinski definition) is 12. The third-order valence-corrected chi connectivity index (χ3v) is 12.3. The fourth-order valence-electron chi connectivity index (χ4n) is 9.29. The maximum absolute atomic E-state index is 12.7. The lowest BCUT2D eigenvalue weighted by Gasteiger charge is -2.42. The highest BCUT2D eigenvalue weighted by molar-refractivity contribution is 6.03. The smallest absolute Gasteiger partial charge is 0.237 e. The number of likely N-dealkylation sites (tertiary alicyclic amines) is 1. The Labute approximate surface area is 329 Å². The molecule has 6 aromatic rings. The van der Waals surface area contributed by atoms with E-state index in [2.05, 4.69) is 89.9 Å². The van der Waals surface area contributed by atoms with Gasteiger partial charge in [0, 0.05) is 87.2 Å². The number of ether oxygens (including phenoxy) is 1. The number of aromatic nitrogens is 7. The van der Waals surface area contributed by atoms with Gasteiger partial charge >= 0.3 is 0 Å². The monoisotopic (exact) mass is 766 g/mol. The number of aryl methyl sites for hydroxylation is 1. The van der Waals surface area contributed by atoms with Crippen LogP contribution in [-0.2, 0) is 16.6 Å². The Bertz CT molecular complexity index is 2510. The van der Waals surface area contributed by atoms with E-state index >= 15 is 0 Å². The van der Waals surface area contributed by atoms with Gasteiger partial charge in [-0.1, -0.05) is 24.3 Å². The molecule has 4 aromatic heterocycles. The Kier molecular flexibility index (Phi) is 8.95. The normalized spacial score (nSPS) is 19.7. The van der Waals surface area contributed by atoms with Gasteiger partial charge in [-0.05, 0) is 62.3 Å². The molecule has 3 fully saturated rings. The first kappa shape index (κ1) is 35.3. The fourth-order valence-corrected chi connectivity index (χ4v) is 9.29. The summed E-state index contributed by atoms with van der Waals surface area (Å²) in [7, 11) is 1.95. The predicted molar refractivity (Wildman–Crippen MR) is 218 cm³/mol. The molecule has 0 radical (unpaired) electrons. The van der Waals surface area contributed by atoms with Crippen LogP contribution in [0.15, 0.2) is 61.2 Å². The van der Waals surface area contributed by atoms with Crippen molar-refractivity contribution in [3.8, 4) is 17.0 Å². The number of rotatable bonds is 7. The first-order valence-corrected chi connectivity index (χ1v) is 20.1. The summed E-state index contributed by atoms with van der Waals surface area (Å²) in [4.78, 5) is 43.6. The number of carbonyl (C=O) groups is 2. The van der Waals surface area contributed by atoms with Crippen molar-refractivity contribution in [1.82, 2.24) is 44.7 Å². The number of nitrogens with one attached hydrogen (secondary N) is 3. The van der Waals surface area contributed by atoms with Crippen molar-refractivity contribution in [2.45, 2.75) is 63.5 Å². The van der Waals surface area contributed by atoms with Crippen LogP contribution in [0.1, 0.15) is 61.7 Å². The number of carbonyl (C=O) groups excluding carboxylic acids is 2. The van der Waals surface area contributed by atoms with Crippen molar-refractivity contribution >= 4 is 56.6 Å². The van der Waals surface area contributed by atoms with Crippen molar-refractivity contribution in [1.29, 1.82) is 0 Å². The third kappa shape index (κ3) is 6.58. The van der Waals surface area contributed by atoms with Gasteiger partial charge in [0.25, 0.3) is 0 Å². The van der Waals surface area contributed by atoms with E-state index in [0.29, 0.717) is 43.4 Å². The first-order valence-electron chi connectivity index (χ1n) is 20.1. The Morgan fingerprint density at radius 1 is 0.930 bits per heavy atom. The van der Waals surface area contributed by atoms with E-state index in [1.807, 2.05) is 30.3 Å². The molecule has 0 spiro atoms. The average Bonchev–Trinajstić information content (AvgIpc) is 3.85. The molecule has 1 unspecified atom stereocenters. The van der Waals surface area contributed by atoms with Crippen LogP contribution < -0.4 is 25.6 Å². The van der Waals surface area contributed by atoms with E-state index in [9.17, 15) is 9.59 Å². The number of amides is 2. The highest BCUT2D eigenvalue weighted by Crippen LogP contribution is 2.38. The van der Waals surface area contributed by atoms with Crippen LogP contribution in [0, 0.1) is 6.92 Å². The lowest BCUT2D eigenvalue weighted by atomic mass is 9.92. The summed E-state index contributed by atoms with van der Waals surface area (Å²) < 4.78 is 9.73. The number of hydrogen-bond donors (Lipinski definition) is 3. The van der Waals surface area contributed by atoms with Gasteiger partial charge in [-0.3, -0.25) is 24.3 Å². The number of nitrogens with zero attached hydrogens (tertiary/aromatic N) is 9. The largest absolute Gasteiger partial charge is 0.474 e. The lowest BCUT2D eigenvalue weighted by Crippen LogP contribution is -2.48. The maximum atomic E-state index is 12.7. The second-order valence-corrected chi connectivity index (χ2v) is 15.7. The summed E-state index contributed by atoms with van der Waals surface area (Å²) in [6, 6.07) is 13.4. The summed E-state index contributed by atoms with van der Waals surface area (Å²) in [5, 5.41) is 20.8. The Morgan fingerprint density at radius 3 is 2.61 bits per heavy atom. The molecular formula is C42H46N12O3. The maximum Gasteiger partial charge on any atom is 0.237 e. The van der Waals surface area contributed by atoms with Gasteiger partial charge in [0.1, 0.15) is 12.3 Å². The minimum atomic E-state index is -0.406. The number of fused-ring (bicyclic) bond motifs is 3. The molecule has 2 aromatic carbocycles. The highest BCUT2D eigenvalue weighted by Gasteiger charge is 2.34. The topological polar surface area (TPSA) is 160 Å². The number of piperidine rings is 3. The molecule has 15 heteroatoms. The zero-order valence-electron chi connectivity index (χ0n) is 32.2. The van der Waals surface area contributed by atoms with Gasteiger partial charge < -0.3 is 25.2 Å². The van der Waals surface area contributed by atoms with Crippen LogP contribution in [0.2, 0.25) is 0 Å². The summed E-state index contributed by atoms with van der Waals surface area (Å²) in [6.45, 7) is 7.50. The third-order valence-electron chi connectivity index (χ3n) is 12.3. The highest BCUT2D eigenvalue weighted by atomic mass is 16.5. The SMILES string of the molecule is Cc1c(-c2ccc3cnc(Nc4cnn(C5CCN(C6CCN(c7cccc8c(C9CCC(=O)NC9=O)nn(C)c78)CC6)CC5)c4)nc3c2)cnc2c1NCCO2. The predicted octanol–water partition coefficient (Wildman–Crippen LogP) is 5.46. The van der Waals surface area contributed by atoms with Crippen LogP contribution >= 0.6 is 0 Å². The molecule has 3 saturated heterocycles.